The Bertz CT molecular complexity index is 657. The van der Waals surface area contributed by atoms with E-state index in [4.69, 9.17) is 4.74 Å². The summed E-state index contributed by atoms with van der Waals surface area (Å²) in [6, 6.07) is 5.63. The van der Waals surface area contributed by atoms with Crippen molar-refractivity contribution in [2.75, 3.05) is 25.5 Å². The Labute approximate surface area is 134 Å². The van der Waals surface area contributed by atoms with Crippen LogP contribution in [0.2, 0.25) is 0 Å². The molecule has 1 amide bonds. The fraction of sp³-hybridized carbons (Fsp3) is 0.375. The van der Waals surface area contributed by atoms with Crippen molar-refractivity contribution in [2.24, 2.45) is 0 Å². The maximum atomic E-state index is 12.4. The van der Waals surface area contributed by atoms with Crippen molar-refractivity contribution in [2.45, 2.75) is 18.9 Å². The number of methoxy groups -OCH3 is 1. The lowest BCUT2D eigenvalue weighted by Gasteiger charge is -2.32. The summed E-state index contributed by atoms with van der Waals surface area (Å²) in [4.78, 5) is 26.7. The lowest BCUT2D eigenvalue weighted by atomic mass is 10.0. The van der Waals surface area contributed by atoms with Crippen LogP contribution in [0.4, 0.5) is 5.82 Å². The molecule has 3 rings (SSSR count). The first-order valence-corrected chi connectivity index (χ1v) is 7.60. The molecule has 0 spiro atoms. The zero-order valence-corrected chi connectivity index (χ0v) is 13.0. The zero-order chi connectivity index (χ0) is 16.1. The van der Waals surface area contributed by atoms with Crippen molar-refractivity contribution in [1.82, 2.24) is 19.9 Å². The fourth-order valence-electron chi connectivity index (χ4n) is 2.65. The van der Waals surface area contributed by atoms with Gasteiger partial charge in [0.25, 0.3) is 11.8 Å². The Balaban J connectivity index is 1.57. The lowest BCUT2D eigenvalue weighted by Crippen LogP contribution is -2.42. The number of carbonyl (C=O) groups is 1. The summed E-state index contributed by atoms with van der Waals surface area (Å²) < 4.78 is 5.20. The lowest BCUT2D eigenvalue weighted by molar-refractivity contribution is 0.0712. The van der Waals surface area contributed by atoms with E-state index in [2.05, 4.69) is 20.3 Å². The first kappa shape index (κ1) is 15.2. The first-order valence-electron chi connectivity index (χ1n) is 7.60. The molecule has 0 saturated carbocycles. The standard InChI is InChI=1S/C16H19N5O2/c1-23-15-14(18-8-9-19-15)20-12-5-10-21(11-6-12)16(22)13-4-2-3-7-17-13/h2-4,7-9,12H,5-6,10-11H2,1H3,(H,18,20). The molecule has 23 heavy (non-hydrogen) atoms. The second kappa shape index (κ2) is 7.04. The van der Waals surface area contributed by atoms with E-state index in [-0.39, 0.29) is 11.9 Å². The van der Waals surface area contributed by atoms with Crippen LogP contribution in [0.25, 0.3) is 0 Å². The summed E-state index contributed by atoms with van der Waals surface area (Å²) >= 11 is 0. The van der Waals surface area contributed by atoms with Crippen molar-refractivity contribution in [3.05, 3.63) is 42.5 Å². The molecule has 1 saturated heterocycles. The normalized spacial score (nSPS) is 15.3. The average Bonchev–Trinajstić information content (AvgIpc) is 2.63. The van der Waals surface area contributed by atoms with Crippen LogP contribution in [0.1, 0.15) is 23.3 Å². The second-order valence-corrected chi connectivity index (χ2v) is 5.34. The molecule has 2 aromatic heterocycles. The summed E-state index contributed by atoms with van der Waals surface area (Å²) in [6.07, 6.45) is 6.56. The van der Waals surface area contributed by atoms with Crippen LogP contribution in [0.5, 0.6) is 5.88 Å². The van der Waals surface area contributed by atoms with E-state index in [1.807, 2.05) is 11.0 Å². The van der Waals surface area contributed by atoms with Gasteiger partial charge >= 0.3 is 0 Å². The Morgan fingerprint density at radius 1 is 1.17 bits per heavy atom. The molecular weight excluding hydrogens is 294 g/mol. The molecule has 2 aromatic rings. The van der Waals surface area contributed by atoms with Gasteiger partial charge in [0.1, 0.15) is 5.69 Å². The number of amides is 1. The van der Waals surface area contributed by atoms with E-state index in [0.717, 1.165) is 12.8 Å². The molecule has 0 aliphatic carbocycles. The van der Waals surface area contributed by atoms with E-state index in [0.29, 0.717) is 30.5 Å². The number of rotatable bonds is 4. The van der Waals surface area contributed by atoms with Crippen molar-refractivity contribution < 1.29 is 9.53 Å². The molecule has 7 heteroatoms. The van der Waals surface area contributed by atoms with Crippen molar-refractivity contribution in [1.29, 1.82) is 0 Å². The molecule has 0 aromatic carbocycles. The maximum absolute atomic E-state index is 12.4. The van der Waals surface area contributed by atoms with Gasteiger partial charge in [0.05, 0.1) is 7.11 Å². The Morgan fingerprint density at radius 2 is 1.96 bits per heavy atom. The number of hydrogen-bond donors (Lipinski definition) is 1. The van der Waals surface area contributed by atoms with Gasteiger partial charge in [0.2, 0.25) is 0 Å². The van der Waals surface area contributed by atoms with E-state index in [9.17, 15) is 4.79 Å². The number of pyridine rings is 1. The number of hydrogen-bond acceptors (Lipinski definition) is 6. The summed E-state index contributed by atoms with van der Waals surface area (Å²) in [6.45, 7) is 1.38. The molecule has 3 heterocycles. The summed E-state index contributed by atoms with van der Waals surface area (Å²) in [5, 5.41) is 3.35. The fourth-order valence-corrected chi connectivity index (χ4v) is 2.65. The quantitative estimate of drug-likeness (QED) is 0.923. The van der Waals surface area contributed by atoms with Gasteiger partial charge in [0.15, 0.2) is 5.82 Å². The van der Waals surface area contributed by atoms with E-state index < -0.39 is 0 Å². The minimum Gasteiger partial charge on any atom is -0.478 e. The van der Waals surface area contributed by atoms with Crippen LogP contribution in [-0.4, -0.2) is 52.0 Å². The van der Waals surface area contributed by atoms with Gasteiger partial charge in [-0.2, -0.15) is 0 Å². The van der Waals surface area contributed by atoms with E-state index in [1.54, 1.807) is 37.8 Å². The van der Waals surface area contributed by atoms with Crippen LogP contribution >= 0.6 is 0 Å². The predicted octanol–water partition coefficient (Wildman–Crippen LogP) is 1.60. The molecule has 1 fully saturated rings. The smallest absolute Gasteiger partial charge is 0.272 e. The number of aromatic nitrogens is 3. The highest BCUT2D eigenvalue weighted by Crippen LogP contribution is 2.21. The highest BCUT2D eigenvalue weighted by Gasteiger charge is 2.25. The van der Waals surface area contributed by atoms with Gasteiger partial charge in [-0.3, -0.25) is 9.78 Å². The average molecular weight is 313 g/mol. The monoisotopic (exact) mass is 313 g/mol. The summed E-state index contributed by atoms with van der Waals surface area (Å²) in [5.74, 6) is 1.12. The second-order valence-electron chi connectivity index (χ2n) is 5.34. The van der Waals surface area contributed by atoms with E-state index >= 15 is 0 Å². The molecule has 1 aliphatic rings. The van der Waals surface area contributed by atoms with Crippen LogP contribution < -0.4 is 10.1 Å². The molecule has 1 aliphatic heterocycles. The third-order valence-electron chi connectivity index (χ3n) is 3.87. The minimum absolute atomic E-state index is 0.0128. The van der Waals surface area contributed by atoms with Gasteiger partial charge in [-0.05, 0) is 25.0 Å². The maximum Gasteiger partial charge on any atom is 0.272 e. The van der Waals surface area contributed by atoms with E-state index in [1.165, 1.54) is 0 Å². The number of nitrogens with zero attached hydrogens (tertiary/aromatic N) is 4. The highest BCUT2D eigenvalue weighted by atomic mass is 16.5. The topological polar surface area (TPSA) is 80.2 Å². The SMILES string of the molecule is COc1nccnc1NC1CCN(C(=O)c2ccccn2)CC1. The molecule has 0 atom stereocenters. The van der Waals surface area contributed by atoms with Crippen molar-refractivity contribution in [3.8, 4) is 5.88 Å². The summed E-state index contributed by atoms with van der Waals surface area (Å²) in [7, 11) is 1.57. The largest absolute Gasteiger partial charge is 0.478 e. The molecular formula is C16H19N5O2. The third kappa shape index (κ3) is 3.56. The Kier molecular flexibility index (Phi) is 4.65. The molecule has 120 valence electrons. The third-order valence-corrected chi connectivity index (χ3v) is 3.87. The van der Waals surface area contributed by atoms with Gasteiger partial charge in [-0.15, -0.1) is 0 Å². The van der Waals surface area contributed by atoms with Crippen molar-refractivity contribution >= 4 is 11.7 Å². The number of carbonyl (C=O) groups excluding carboxylic acids is 1. The predicted molar refractivity (Wildman–Crippen MR) is 85.4 cm³/mol. The van der Waals surface area contributed by atoms with Crippen molar-refractivity contribution in [3.63, 3.8) is 0 Å². The minimum atomic E-state index is -0.0128. The number of anilines is 1. The number of likely N-dealkylation sites (tertiary alicyclic amines) is 1. The van der Waals surface area contributed by atoms with Crippen LogP contribution in [-0.2, 0) is 0 Å². The Morgan fingerprint density at radius 3 is 2.65 bits per heavy atom. The number of ether oxygens (including phenoxy) is 1. The Hall–Kier alpha value is -2.70. The molecule has 0 radical (unpaired) electrons. The molecule has 0 unspecified atom stereocenters. The highest BCUT2D eigenvalue weighted by molar-refractivity contribution is 5.92. The number of piperidine rings is 1. The molecule has 1 N–H and O–H groups in total. The van der Waals surface area contributed by atoms with Gasteiger partial charge < -0.3 is 15.0 Å². The van der Waals surface area contributed by atoms with Crippen LogP contribution in [0.15, 0.2) is 36.8 Å². The zero-order valence-electron chi connectivity index (χ0n) is 13.0. The molecule has 7 nitrogen and oxygen atoms in total. The first-order chi connectivity index (χ1) is 11.3. The van der Waals surface area contributed by atoms with Gasteiger partial charge in [-0.1, -0.05) is 6.07 Å². The van der Waals surface area contributed by atoms with Gasteiger partial charge in [0, 0.05) is 37.7 Å². The van der Waals surface area contributed by atoms with Crippen LogP contribution in [0, 0.1) is 0 Å². The van der Waals surface area contributed by atoms with Crippen LogP contribution in [0.3, 0.4) is 0 Å². The summed E-state index contributed by atoms with van der Waals surface area (Å²) in [5.41, 5.74) is 0.495. The van der Waals surface area contributed by atoms with Gasteiger partial charge in [-0.25, -0.2) is 9.97 Å². The number of nitrogens with one attached hydrogen (secondary N) is 1. The molecule has 0 bridgehead atoms.